The molecule has 7 nitrogen and oxygen atoms in total. The Balaban J connectivity index is 1.49. The first-order valence-electron chi connectivity index (χ1n) is 9.08. The summed E-state index contributed by atoms with van der Waals surface area (Å²) in [4.78, 5) is 2.92. The molecule has 9 heteroatoms. The summed E-state index contributed by atoms with van der Waals surface area (Å²) >= 11 is 1.16. The Morgan fingerprint density at radius 2 is 1.75 bits per heavy atom. The first-order valence-corrected chi connectivity index (χ1v) is 11.3. The molecule has 28 heavy (non-hydrogen) atoms. The molecule has 3 heterocycles. The first-order chi connectivity index (χ1) is 13.4. The van der Waals surface area contributed by atoms with E-state index in [2.05, 4.69) is 41.1 Å². The van der Waals surface area contributed by atoms with Gasteiger partial charge in [0.25, 0.3) is 15.9 Å². The normalized spacial score (nSPS) is 15.9. The van der Waals surface area contributed by atoms with Crippen molar-refractivity contribution in [2.45, 2.75) is 25.0 Å². The number of nitrogens with zero attached hydrogens (tertiary/aromatic N) is 4. The number of anilines is 1. The zero-order valence-electron chi connectivity index (χ0n) is 16.0. The van der Waals surface area contributed by atoms with E-state index in [-0.39, 0.29) is 0 Å². The van der Waals surface area contributed by atoms with Crippen molar-refractivity contribution in [3.8, 4) is 10.8 Å². The number of rotatable bonds is 4. The van der Waals surface area contributed by atoms with E-state index in [4.69, 9.17) is 4.42 Å². The fourth-order valence-corrected chi connectivity index (χ4v) is 6.15. The van der Waals surface area contributed by atoms with Gasteiger partial charge in [-0.3, -0.25) is 0 Å². The zero-order chi connectivity index (χ0) is 19.9. The van der Waals surface area contributed by atoms with Crippen LogP contribution in [0.25, 0.3) is 10.8 Å². The highest BCUT2D eigenvalue weighted by Gasteiger charge is 2.30. The lowest BCUT2D eigenvalue weighted by molar-refractivity contribution is 0.385. The molecule has 0 bridgehead atoms. The molecular formula is C19H22N4O3S2. The van der Waals surface area contributed by atoms with E-state index >= 15 is 0 Å². The predicted octanol–water partition coefficient (Wildman–Crippen LogP) is 3.23. The van der Waals surface area contributed by atoms with Crippen LogP contribution in [0.5, 0.6) is 0 Å². The quantitative estimate of drug-likeness (QED) is 0.647. The average Bonchev–Trinajstić information content (AvgIpc) is 3.33. The van der Waals surface area contributed by atoms with Crippen molar-refractivity contribution in [1.29, 1.82) is 0 Å². The summed E-state index contributed by atoms with van der Waals surface area (Å²) in [6.07, 6.45) is 0. The molecule has 4 rings (SSSR count). The van der Waals surface area contributed by atoms with Crippen molar-refractivity contribution < 1.29 is 12.8 Å². The largest absolute Gasteiger partial charge is 0.420 e. The fourth-order valence-electron chi connectivity index (χ4n) is 3.34. The molecule has 0 aliphatic carbocycles. The number of aromatic nitrogens is 2. The smallest absolute Gasteiger partial charge is 0.257 e. The van der Waals surface area contributed by atoms with Crippen LogP contribution in [0.3, 0.4) is 0 Å². The van der Waals surface area contributed by atoms with Gasteiger partial charge >= 0.3 is 0 Å². The fraction of sp³-hybridized carbons (Fsp3) is 0.368. The minimum Gasteiger partial charge on any atom is -0.420 e. The second-order valence-electron chi connectivity index (χ2n) is 6.86. The van der Waals surface area contributed by atoms with E-state index in [0.717, 1.165) is 11.3 Å². The number of thiophene rings is 1. The van der Waals surface area contributed by atoms with Crippen molar-refractivity contribution >= 4 is 27.0 Å². The van der Waals surface area contributed by atoms with Crippen LogP contribution in [-0.2, 0) is 10.0 Å². The first kappa shape index (κ1) is 19.1. The van der Waals surface area contributed by atoms with Gasteiger partial charge in [0.1, 0.15) is 4.21 Å². The molecule has 1 aliphatic rings. The predicted molar refractivity (Wildman–Crippen MR) is 109 cm³/mol. The lowest BCUT2D eigenvalue weighted by Crippen LogP contribution is -2.48. The molecule has 0 N–H and O–H groups in total. The number of benzene rings is 1. The summed E-state index contributed by atoms with van der Waals surface area (Å²) in [6, 6.07) is 9.58. The van der Waals surface area contributed by atoms with Crippen LogP contribution in [-0.4, -0.2) is 49.1 Å². The summed E-state index contributed by atoms with van der Waals surface area (Å²) in [5.41, 5.74) is 3.67. The number of hydrogen-bond acceptors (Lipinski definition) is 7. The van der Waals surface area contributed by atoms with Crippen molar-refractivity contribution in [2.24, 2.45) is 0 Å². The molecular weight excluding hydrogens is 396 g/mol. The summed E-state index contributed by atoms with van der Waals surface area (Å²) in [7, 11) is -3.53. The van der Waals surface area contributed by atoms with Crippen molar-refractivity contribution in [1.82, 2.24) is 14.5 Å². The molecule has 1 saturated heterocycles. The molecule has 0 spiro atoms. The van der Waals surface area contributed by atoms with Crippen LogP contribution >= 0.6 is 11.3 Å². The van der Waals surface area contributed by atoms with Crippen LogP contribution in [0, 0.1) is 20.8 Å². The van der Waals surface area contributed by atoms with Crippen molar-refractivity contribution in [3.05, 3.63) is 47.3 Å². The maximum absolute atomic E-state index is 13.1. The van der Waals surface area contributed by atoms with E-state index in [1.807, 2.05) is 6.07 Å². The van der Waals surface area contributed by atoms with Gasteiger partial charge in [-0.2, -0.15) is 4.31 Å². The van der Waals surface area contributed by atoms with Crippen LogP contribution in [0.2, 0.25) is 0 Å². The molecule has 0 atom stereocenters. The summed E-state index contributed by atoms with van der Waals surface area (Å²) < 4.78 is 33.4. The Kier molecular flexibility index (Phi) is 4.98. The average molecular weight is 419 g/mol. The van der Waals surface area contributed by atoms with Gasteiger partial charge in [-0.15, -0.1) is 21.5 Å². The van der Waals surface area contributed by atoms with Gasteiger partial charge < -0.3 is 9.32 Å². The third-order valence-corrected chi connectivity index (χ3v) is 8.51. The second-order valence-corrected chi connectivity index (χ2v) is 10.1. The van der Waals surface area contributed by atoms with Gasteiger partial charge in [0, 0.05) is 38.8 Å². The minimum absolute atomic E-state index is 0.304. The Morgan fingerprint density at radius 1 is 1.00 bits per heavy atom. The SMILES string of the molecule is Cc1nnc(-c2ccc(S(=O)(=O)N3CCN(c4cccc(C)c4C)CC3)s2)o1. The van der Waals surface area contributed by atoms with Gasteiger partial charge in [-0.25, -0.2) is 8.42 Å². The van der Waals surface area contributed by atoms with E-state index in [0.29, 0.717) is 47.0 Å². The molecule has 1 fully saturated rings. The molecule has 1 aromatic carbocycles. The van der Waals surface area contributed by atoms with Gasteiger partial charge in [0.2, 0.25) is 5.89 Å². The number of sulfonamides is 1. The van der Waals surface area contributed by atoms with Gasteiger partial charge in [-0.1, -0.05) is 12.1 Å². The van der Waals surface area contributed by atoms with E-state index in [9.17, 15) is 8.42 Å². The van der Waals surface area contributed by atoms with Crippen molar-refractivity contribution in [3.63, 3.8) is 0 Å². The molecule has 148 valence electrons. The standard InChI is InChI=1S/C19H22N4O3S2/c1-13-5-4-6-16(14(13)2)22-9-11-23(12-10-22)28(24,25)18-8-7-17(27-18)19-21-20-15(3)26-19/h4-8H,9-12H2,1-3H3. The Bertz CT molecular complexity index is 1100. The monoisotopic (exact) mass is 418 g/mol. The highest BCUT2D eigenvalue weighted by Crippen LogP contribution is 2.32. The molecule has 0 amide bonds. The number of hydrogen-bond donors (Lipinski definition) is 0. The Hall–Kier alpha value is -2.23. The molecule has 0 radical (unpaired) electrons. The van der Waals surface area contributed by atoms with Crippen LogP contribution < -0.4 is 4.90 Å². The van der Waals surface area contributed by atoms with E-state index < -0.39 is 10.0 Å². The van der Waals surface area contributed by atoms with E-state index in [1.54, 1.807) is 23.4 Å². The highest BCUT2D eigenvalue weighted by atomic mass is 32.2. The minimum atomic E-state index is -3.53. The highest BCUT2D eigenvalue weighted by molar-refractivity contribution is 7.91. The molecule has 3 aromatic rings. The maximum atomic E-state index is 13.1. The third-order valence-electron chi connectivity index (χ3n) is 5.07. The van der Waals surface area contributed by atoms with Crippen LogP contribution in [0.15, 0.2) is 39.0 Å². The van der Waals surface area contributed by atoms with Gasteiger partial charge in [0.15, 0.2) is 0 Å². The Labute approximate surface area is 168 Å². The topological polar surface area (TPSA) is 79.5 Å². The third kappa shape index (κ3) is 3.45. The summed E-state index contributed by atoms with van der Waals surface area (Å²) in [6.45, 7) is 8.18. The molecule has 2 aromatic heterocycles. The molecule has 0 unspecified atom stereocenters. The maximum Gasteiger partial charge on any atom is 0.257 e. The summed E-state index contributed by atoms with van der Waals surface area (Å²) in [5.74, 6) is 0.805. The van der Waals surface area contributed by atoms with Crippen LogP contribution in [0.1, 0.15) is 17.0 Å². The second kappa shape index (κ2) is 7.31. The van der Waals surface area contributed by atoms with E-state index in [1.165, 1.54) is 16.8 Å². The summed E-state index contributed by atoms with van der Waals surface area (Å²) in [5, 5.41) is 7.76. The molecule has 0 saturated carbocycles. The van der Waals surface area contributed by atoms with Crippen LogP contribution in [0.4, 0.5) is 5.69 Å². The van der Waals surface area contributed by atoms with Gasteiger partial charge in [0.05, 0.1) is 4.88 Å². The van der Waals surface area contributed by atoms with Crippen molar-refractivity contribution in [2.75, 3.05) is 31.1 Å². The number of aryl methyl sites for hydroxylation is 2. The lowest BCUT2D eigenvalue weighted by atomic mass is 10.1. The number of piperazine rings is 1. The van der Waals surface area contributed by atoms with Gasteiger partial charge in [-0.05, 0) is 43.2 Å². The Morgan fingerprint density at radius 3 is 2.43 bits per heavy atom. The lowest BCUT2D eigenvalue weighted by Gasteiger charge is -2.36. The molecule has 1 aliphatic heterocycles. The zero-order valence-corrected chi connectivity index (χ0v) is 17.7.